The van der Waals surface area contributed by atoms with Gasteiger partial charge >= 0.3 is 0 Å². The Morgan fingerprint density at radius 3 is 2.57 bits per heavy atom. The molecule has 7 nitrogen and oxygen atoms in total. The SMILES string of the molecule is CNC(=O)Cn1cc(NC(=O)C(C)(N)c2ccccc2)cn1.Cl. The van der Waals surface area contributed by atoms with Crippen LogP contribution in [0.1, 0.15) is 12.5 Å². The number of benzene rings is 1. The lowest BCUT2D eigenvalue weighted by molar-refractivity contribution is -0.121. The van der Waals surface area contributed by atoms with Gasteiger partial charge in [-0.15, -0.1) is 12.4 Å². The van der Waals surface area contributed by atoms with Crippen LogP contribution in [0.2, 0.25) is 0 Å². The lowest BCUT2D eigenvalue weighted by Gasteiger charge is -2.23. The van der Waals surface area contributed by atoms with Gasteiger partial charge in [0.05, 0.1) is 11.9 Å². The van der Waals surface area contributed by atoms with E-state index < -0.39 is 5.54 Å². The summed E-state index contributed by atoms with van der Waals surface area (Å²) in [6, 6.07) is 9.12. The maximum absolute atomic E-state index is 12.4. The van der Waals surface area contributed by atoms with E-state index in [1.165, 1.54) is 10.9 Å². The minimum atomic E-state index is -1.16. The molecule has 2 rings (SSSR count). The van der Waals surface area contributed by atoms with E-state index in [2.05, 4.69) is 15.7 Å². The second-order valence-corrected chi connectivity index (χ2v) is 5.12. The molecule has 2 amide bonds. The third-order valence-corrected chi connectivity index (χ3v) is 3.32. The average molecular weight is 338 g/mol. The molecule has 0 aliphatic rings. The molecule has 0 saturated carbocycles. The van der Waals surface area contributed by atoms with Gasteiger partial charge in [0, 0.05) is 13.2 Å². The fourth-order valence-electron chi connectivity index (χ4n) is 1.92. The molecule has 0 radical (unpaired) electrons. The number of anilines is 1. The van der Waals surface area contributed by atoms with Gasteiger partial charge in [0.15, 0.2) is 0 Å². The van der Waals surface area contributed by atoms with E-state index in [4.69, 9.17) is 5.73 Å². The molecular formula is C15H20ClN5O2. The molecule has 8 heteroatoms. The van der Waals surface area contributed by atoms with E-state index in [1.54, 1.807) is 32.3 Å². The van der Waals surface area contributed by atoms with Crippen LogP contribution in [0.3, 0.4) is 0 Å². The van der Waals surface area contributed by atoms with Gasteiger partial charge in [0.1, 0.15) is 12.1 Å². The highest BCUT2D eigenvalue weighted by Crippen LogP contribution is 2.19. The predicted molar refractivity (Wildman–Crippen MR) is 90.2 cm³/mol. The summed E-state index contributed by atoms with van der Waals surface area (Å²) in [6.07, 6.45) is 3.05. The molecule has 0 bridgehead atoms. The normalized spacial score (nSPS) is 12.7. The molecule has 1 unspecified atom stereocenters. The van der Waals surface area contributed by atoms with Crippen LogP contribution >= 0.6 is 12.4 Å². The molecule has 0 aliphatic carbocycles. The highest BCUT2D eigenvalue weighted by atomic mass is 35.5. The van der Waals surface area contributed by atoms with Crippen molar-refractivity contribution in [2.75, 3.05) is 12.4 Å². The largest absolute Gasteiger partial charge is 0.358 e. The van der Waals surface area contributed by atoms with Gasteiger partial charge in [-0.3, -0.25) is 14.3 Å². The average Bonchev–Trinajstić information content (AvgIpc) is 2.95. The molecule has 4 N–H and O–H groups in total. The molecule has 1 atom stereocenters. The molecular weight excluding hydrogens is 318 g/mol. The summed E-state index contributed by atoms with van der Waals surface area (Å²) >= 11 is 0. The second kappa shape index (κ2) is 7.75. The van der Waals surface area contributed by atoms with Crippen molar-refractivity contribution in [3.8, 4) is 0 Å². The summed E-state index contributed by atoms with van der Waals surface area (Å²) in [5, 5.41) is 9.23. The van der Waals surface area contributed by atoms with E-state index in [0.29, 0.717) is 11.3 Å². The summed E-state index contributed by atoms with van der Waals surface area (Å²) in [7, 11) is 1.55. The monoisotopic (exact) mass is 337 g/mol. The summed E-state index contributed by atoms with van der Waals surface area (Å²) in [5.41, 5.74) is 6.17. The first-order chi connectivity index (χ1) is 10.4. The predicted octanol–water partition coefficient (Wildman–Crippen LogP) is 0.864. The molecule has 124 valence electrons. The molecule has 0 fully saturated rings. The van der Waals surface area contributed by atoms with E-state index in [9.17, 15) is 9.59 Å². The summed E-state index contributed by atoms with van der Waals surface area (Å²) in [6.45, 7) is 1.73. The van der Waals surface area contributed by atoms with Gasteiger partial charge in [-0.2, -0.15) is 5.10 Å². The zero-order valence-corrected chi connectivity index (χ0v) is 13.8. The molecule has 23 heavy (non-hydrogen) atoms. The number of hydrogen-bond acceptors (Lipinski definition) is 4. The van der Waals surface area contributed by atoms with Crippen LogP contribution in [0.4, 0.5) is 5.69 Å². The third kappa shape index (κ3) is 4.54. The number of carbonyl (C=O) groups is 2. The number of carbonyl (C=O) groups excluding carboxylic acids is 2. The fourth-order valence-corrected chi connectivity index (χ4v) is 1.92. The number of aromatic nitrogens is 2. The third-order valence-electron chi connectivity index (χ3n) is 3.32. The van der Waals surface area contributed by atoms with Gasteiger partial charge < -0.3 is 16.4 Å². The fraction of sp³-hybridized carbons (Fsp3) is 0.267. The number of nitrogens with two attached hydrogens (primary N) is 1. The smallest absolute Gasteiger partial charge is 0.248 e. The number of nitrogens with one attached hydrogen (secondary N) is 2. The van der Waals surface area contributed by atoms with Crippen LogP contribution in [0.5, 0.6) is 0 Å². The highest BCUT2D eigenvalue weighted by molar-refractivity contribution is 5.98. The summed E-state index contributed by atoms with van der Waals surface area (Å²) < 4.78 is 1.44. The number of hydrogen-bond donors (Lipinski definition) is 3. The number of nitrogens with zero attached hydrogens (tertiary/aromatic N) is 2. The Labute approximate surface area is 140 Å². The maximum Gasteiger partial charge on any atom is 0.248 e. The second-order valence-electron chi connectivity index (χ2n) is 5.12. The Balaban J connectivity index is 0.00000264. The number of amides is 2. The molecule has 2 aromatic rings. The quantitative estimate of drug-likeness (QED) is 0.753. The van der Waals surface area contributed by atoms with E-state index >= 15 is 0 Å². The van der Waals surface area contributed by atoms with Crippen molar-refractivity contribution in [2.24, 2.45) is 5.73 Å². The van der Waals surface area contributed by atoms with Crippen molar-refractivity contribution < 1.29 is 9.59 Å². The number of halogens is 1. The van der Waals surface area contributed by atoms with Crippen molar-refractivity contribution in [3.63, 3.8) is 0 Å². The standard InChI is InChI=1S/C15H19N5O2.ClH/c1-15(16,11-6-4-3-5-7-11)14(22)19-12-8-18-20(9-12)10-13(21)17-2;/h3-9H,10,16H2,1-2H3,(H,17,21)(H,19,22);1H. The van der Waals surface area contributed by atoms with Crippen molar-refractivity contribution in [2.45, 2.75) is 19.0 Å². The van der Waals surface area contributed by atoms with Crippen molar-refractivity contribution >= 4 is 29.9 Å². The summed E-state index contributed by atoms with van der Waals surface area (Å²) in [4.78, 5) is 23.6. The van der Waals surface area contributed by atoms with Crippen LogP contribution in [0, 0.1) is 0 Å². The molecule has 0 spiro atoms. The van der Waals surface area contributed by atoms with Gasteiger partial charge in [-0.05, 0) is 12.5 Å². The number of likely N-dealkylation sites (N-methyl/N-ethyl adjacent to an activating group) is 1. The molecule has 0 aliphatic heterocycles. The van der Waals surface area contributed by atoms with Crippen LogP contribution in [0.25, 0.3) is 0 Å². The zero-order chi connectivity index (χ0) is 16.2. The minimum Gasteiger partial charge on any atom is -0.358 e. The van der Waals surface area contributed by atoms with Crippen molar-refractivity contribution in [1.29, 1.82) is 0 Å². The highest BCUT2D eigenvalue weighted by Gasteiger charge is 2.30. The first-order valence-corrected chi connectivity index (χ1v) is 6.82. The van der Waals surface area contributed by atoms with E-state index in [-0.39, 0.29) is 30.8 Å². The number of rotatable bonds is 5. The van der Waals surface area contributed by atoms with Crippen LogP contribution in [0.15, 0.2) is 42.7 Å². The topological polar surface area (TPSA) is 102 Å². The Bertz CT molecular complexity index is 670. The van der Waals surface area contributed by atoms with E-state index in [0.717, 1.165) is 0 Å². The van der Waals surface area contributed by atoms with Gasteiger partial charge in [0.25, 0.3) is 0 Å². The molecule has 1 aromatic heterocycles. The Morgan fingerprint density at radius 2 is 1.96 bits per heavy atom. The Hall–Kier alpha value is -2.38. The first kappa shape index (κ1) is 18.7. The summed E-state index contributed by atoms with van der Waals surface area (Å²) in [5.74, 6) is -0.521. The Kier molecular flexibility index (Phi) is 6.29. The van der Waals surface area contributed by atoms with Crippen molar-refractivity contribution in [1.82, 2.24) is 15.1 Å². The zero-order valence-electron chi connectivity index (χ0n) is 12.9. The Morgan fingerprint density at radius 1 is 1.30 bits per heavy atom. The van der Waals surface area contributed by atoms with Gasteiger partial charge in [-0.1, -0.05) is 30.3 Å². The minimum absolute atomic E-state index is 0. The van der Waals surface area contributed by atoms with Crippen LogP contribution in [-0.4, -0.2) is 28.6 Å². The van der Waals surface area contributed by atoms with Crippen molar-refractivity contribution in [3.05, 3.63) is 48.3 Å². The van der Waals surface area contributed by atoms with Gasteiger partial charge in [0.2, 0.25) is 11.8 Å². The van der Waals surface area contributed by atoms with Crippen LogP contribution in [-0.2, 0) is 21.7 Å². The molecule has 1 heterocycles. The first-order valence-electron chi connectivity index (χ1n) is 6.82. The van der Waals surface area contributed by atoms with E-state index in [1.807, 2.05) is 18.2 Å². The lowest BCUT2D eigenvalue weighted by Crippen LogP contribution is -2.45. The van der Waals surface area contributed by atoms with Crippen LogP contribution < -0.4 is 16.4 Å². The molecule has 0 saturated heterocycles. The molecule has 1 aromatic carbocycles. The lowest BCUT2D eigenvalue weighted by atomic mass is 9.92. The van der Waals surface area contributed by atoms with Gasteiger partial charge in [-0.25, -0.2) is 0 Å². The maximum atomic E-state index is 12.4.